The van der Waals surface area contributed by atoms with Crippen LogP contribution in [0.5, 0.6) is 0 Å². The van der Waals surface area contributed by atoms with Crippen LogP contribution < -0.4 is 16.8 Å². The molecule has 2 rings (SSSR count). The van der Waals surface area contributed by atoms with Crippen LogP contribution in [0.3, 0.4) is 0 Å². The molecule has 0 fully saturated rings. The average molecular weight is 272 g/mol. The van der Waals surface area contributed by atoms with Gasteiger partial charge in [0.15, 0.2) is 5.82 Å². The Hall–Kier alpha value is -3.09. The molecule has 1 amide bonds. The largest absolute Gasteiger partial charge is 0.478 e. The molecular weight excluding hydrogens is 260 g/mol. The number of primary amides is 1. The Bertz CT molecular complexity index is 668. The fourth-order valence-electron chi connectivity index (χ4n) is 1.61. The number of amides is 1. The van der Waals surface area contributed by atoms with Gasteiger partial charge in [0.2, 0.25) is 5.91 Å². The van der Waals surface area contributed by atoms with Gasteiger partial charge >= 0.3 is 5.97 Å². The first kappa shape index (κ1) is 13.3. The highest BCUT2D eigenvalue weighted by molar-refractivity contribution is 5.97. The number of anilines is 3. The van der Waals surface area contributed by atoms with Gasteiger partial charge in [0, 0.05) is 17.4 Å². The van der Waals surface area contributed by atoms with Crippen molar-refractivity contribution in [2.24, 2.45) is 5.73 Å². The number of aromatic nitrogens is 1. The average Bonchev–Trinajstić information content (AvgIpc) is 2.41. The number of carbonyl (C=O) groups excluding carboxylic acids is 1. The topological polar surface area (TPSA) is 131 Å². The molecule has 7 nitrogen and oxygen atoms in total. The number of pyridine rings is 1. The Morgan fingerprint density at radius 3 is 2.35 bits per heavy atom. The summed E-state index contributed by atoms with van der Waals surface area (Å²) in [5.41, 5.74) is 11.9. The van der Waals surface area contributed by atoms with Crippen molar-refractivity contribution in [2.45, 2.75) is 0 Å². The van der Waals surface area contributed by atoms with Crippen molar-refractivity contribution in [1.82, 2.24) is 4.98 Å². The van der Waals surface area contributed by atoms with Gasteiger partial charge in [-0.25, -0.2) is 9.78 Å². The SMILES string of the molecule is NC(=O)c1ccc(Nc2nccc(C(=O)O)c2N)cc1. The van der Waals surface area contributed by atoms with E-state index in [0.29, 0.717) is 11.3 Å². The first-order chi connectivity index (χ1) is 9.49. The van der Waals surface area contributed by atoms with Crippen molar-refractivity contribution in [2.75, 3.05) is 11.1 Å². The van der Waals surface area contributed by atoms with E-state index in [4.69, 9.17) is 16.6 Å². The first-order valence-corrected chi connectivity index (χ1v) is 5.63. The molecule has 0 spiro atoms. The molecule has 0 bridgehead atoms. The van der Waals surface area contributed by atoms with Crippen LogP contribution >= 0.6 is 0 Å². The van der Waals surface area contributed by atoms with Crippen molar-refractivity contribution >= 4 is 29.1 Å². The third-order valence-corrected chi connectivity index (χ3v) is 2.65. The lowest BCUT2D eigenvalue weighted by Crippen LogP contribution is -2.10. The molecule has 0 unspecified atom stereocenters. The third kappa shape index (κ3) is 2.66. The van der Waals surface area contributed by atoms with Crippen LogP contribution in [0.25, 0.3) is 0 Å². The number of nitrogen functional groups attached to an aromatic ring is 1. The van der Waals surface area contributed by atoms with E-state index < -0.39 is 11.9 Å². The zero-order chi connectivity index (χ0) is 14.7. The number of nitrogens with two attached hydrogens (primary N) is 2. The van der Waals surface area contributed by atoms with Gasteiger partial charge in [-0.15, -0.1) is 0 Å². The normalized spacial score (nSPS) is 10.0. The molecule has 0 atom stereocenters. The summed E-state index contributed by atoms with van der Waals surface area (Å²) >= 11 is 0. The number of rotatable bonds is 4. The van der Waals surface area contributed by atoms with Gasteiger partial charge in [0.25, 0.3) is 0 Å². The van der Waals surface area contributed by atoms with E-state index in [9.17, 15) is 9.59 Å². The second kappa shape index (κ2) is 5.27. The lowest BCUT2D eigenvalue weighted by Gasteiger charge is -2.10. The van der Waals surface area contributed by atoms with Crippen molar-refractivity contribution in [3.05, 3.63) is 47.7 Å². The van der Waals surface area contributed by atoms with Crippen LogP contribution in [0.1, 0.15) is 20.7 Å². The molecule has 102 valence electrons. The van der Waals surface area contributed by atoms with E-state index in [0.717, 1.165) is 0 Å². The summed E-state index contributed by atoms with van der Waals surface area (Å²) in [4.78, 5) is 25.9. The minimum Gasteiger partial charge on any atom is -0.478 e. The number of carboxylic acid groups (broad SMARTS) is 1. The van der Waals surface area contributed by atoms with E-state index in [2.05, 4.69) is 10.3 Å². The summed E-state index contributed by atoms with van der Waals surface area (Å²) in [6.45, 7) is 0. The zero-order valence-corrected chi connectivity index (χ0v) is 10.3. The lowest BCUT2D eigenvalue weighted by atomic mass is 10.2. The van der Waals surface area contributed by atoms with Crippen molar-refractivity contribution in [3.63, 3.8) is 0 Å². The molecule has 1 heterocycles. The molecule has 1 aromatic heterocycles. The van der Waals surface area contributed by atoms with Gasteiger partial charge in [-0.2, -0.15) is 0 Å². The minimum atomic E-state index is -1.13. The van der Waals surface area contributed by atoms with Gasteiger partial charge in [0.05, 0.1) is 11.3 Å². The summed E-state index contributed by atoms with van der Waals surface area (Å²) in [6, 6.07) is 7.64. The fourth-order valence-corrected chi connectivity index (χ4v) is 1.61. The van der Waals surface area contributed by atoms with Crippen LogP contribution in [0, 0.1) is 0 Å². The predicted molar refractivity (Wildman–Crippen MR) is 73.9 cm³/mol. The van der Waals surface area contributed by atoms with E-state index in [1.54, 1.807) is 24.3 Å². The Morgan fingerprint density at radius 2 is 1.80 bits per heavy atom. The number of carboxylic acids is 1. The molecule has 0 aliphatic carbocycles. The monoisotopic (exact) mass is 272 g/mol. The molecule has 0 radical (unpaired) electrons. The van der Waals surface area contributed by atoms with Crippen molar-refractivity contribution in [1.29, 1.82) is 0 Å². The molecule has 0 saturated heterocycles. The highest BCUT2D eigenvalue weighted by atomic mass is 16.4. The van der Waals surface area contributed by atoms with Crippen LogP contribution in [-0.2, 0) is 0 Å². The van der Waals surface area contributed by atoms with E-state index in [1.807, 2.05) is 0 Å². The maximum absolute atomic E-state index is 11.0. The van der Waals surface area contributed by atoms with Crippen molar-refractivity contribution in [3.8, 4) is 0 Å². The van der Waals surface area contributed by atoms with E-state index in [-0.39, 0.29) is 17.1 Å². The van der Waals surface area contributed by atoms with Gasteiger partial charge < -0.3 is 21.9 Å². The van der Waals surface area contributed by atoms with Crippen molar-refractivity contribution < 1.29 is 14.7 Å². The summed E-state index contributed by atoms with van der Waals surface area (Å²) in [7, 11) is 0. The minimum absolute atomic E-state index is 0.0312. The van der Waals surface area contributed by atoms with E-state index in [1.165, 1.54) is 12.3 Å². The van der Waals surface area contributed by atoms with Gasteiger partial charge in [0.1, 0.15) is 0 Å². The Labute approximate surface area is 114 Å². The number of nitrogens with zero attached hydrogens (tertiary/aromatic N) is 1. The maximum atomic E-state index is 11.0. The maximum Gasteiger partial charge on any atom is 0.337 e. The molecular formula is C13H12N4O3. The number of hydrogen-bond donors (Lipinski definition) is 4. The second-order valence-electron chi connectivity index (χ2n) is 3.99. The zero-order valence-electron chi connectivity index (χ0n) is 10.3. The van der Waals surface area contributed by atoms with Gasteiger partial charge in [-0.1, -0.05) is 0 Å². The lowest BCUT2D eigenvalue weighted by molar-refractivity contribution is 0.0697. The Morgan fingerprint density at radius 1 is 1.15 bits per heavy atom. The smallest absolute Gasteiger partial charge is 0.337 e. The van der Waals surface area contributed by atoms with Crippen LogP contribution in [0.15, 0.2) is 36.5 Å². The van der Waals surface area contributed by atoms with Gasteiger partial charge in [-0.05, 0) is 30.3 Å². The molecule has 2 aromatic rings. The quantitative estimate of drug-likeness (QED) is 0.661. The standard InChI is InChI=1S/C13H12N4O3/c14-10-9(13(19)20)5-6-16-12(10)17-8-3-1-7(2-4-8)11(15)18/h1-6H,14H2,(H2,15,18)(H,16,17)(H,19,20). The molecule has 20 heavy (non-hydrogen) atoms. The molecule has 0 saturated carbocycles. The third-order valence-electron chi connectivity index (χ3n) is 2.65. The van der Waals surface area contributed by atoms with Crippen LogP contribution in [0.4, 0.5) is 17.2 Å². The Kier molecular flexibility index (Phi) is 3.52. The van der Waals surface area contributed by atoms with E-state index >= 15 is 0 Å². The highest BCUT2D eigenvalue weighted by Gasteiger charge is 2.12. The summed E-state index contributed by atoms with van der Waals surface area (Å²) in [6.07, 6.45) is 1.35. The number of hydrogen-bond acceptors (Lipinski definition) is 5. The summed E-state index contributed by atoms with van der Waals surface area (Å²) < 4.78 is 0. The van der Waals surface area contributed by atoms with Crippen LogP contribution in [-0.4, -0.2) is 22.0 Å². The molecule has 0 aliphatic heterocycles. The summed E-state index contributed by atoms with van der Waals surface area (Å²) in [5.74, 6) is -1.42. The number of carbonyl (C=O) groups is 2. The molecule has 1 aromatic carbocycles. The Balaban J connectivity index is 2.28. The summed E-state index contributed by atoms with van der Waals surface area (Å²) in [5, 5.41) is 11.8. The highest BCUT2D eigenvalue weighted by Crippen LogP contribution is 2.24. The van der Waals surface area contributed by atoms with Gasteiger partial charge in [-0.3, -0.25) is 4.79 Å². The molecule has 6 N–H and O–H groups in total. The number of benzene rings is 1. The predicted octanol–water partition coefficient (Wildman–Crippen LogP) is 1.20. The number of nitrogens with one attached hydrogen (secondary N) is 1. The molecule has 0 aliphatic rings. The second-order valence-corrected chi connectivity index (χ2v) is 3.99. The van der Waals surface area contributed by atoms with Crippen LogP contribution in [0.2, 0.25) is 0 Å². The fraction of sp³-hybridized carbons (Fsp3) is 0. The first-order valence-electron chi connectivity index (χ1n) is 5.63. The number of aromatic carboxylic acids is 1. The molecule has 7 heteroatoms.